The Bertz CT molecular complexity index is 86.1. The van der Waals surface area contributed by atoms with Crippen molar-refractivity contribution in [2.45, 2.75) is 13.0 Å². The summed E-state index contributed by atoms with van der Waals surface area (Å²) in [7, 11) is 5.46. The molecule has 0 N–H and O–H groups in total. The summed E-state index contributed by atoms with van der Waals surface area (Å²) >= 11 is 0. The van der Waals surface area contributed by atoms with Gasteiger partial charge in [-0.05, 0) is 17.6 Å². The molecule has 2 nitrogen and oxygen atoms in total. The highest BCUT2D eigenvalue weighted by Gasteiger charge is 2.01. The van der Waals surface area contributed by atoms with Gasteiger partial charge in [-0.25, -0.2) is 4.21 Å². The van der Waals surface area contributed by atoms with Gasteiger partial charge in [-0.3, -0.25) is 0 Å². The molecule has 2 unspecified atom stereocenters. The fraction of sp³-hybridized carbons (Fsp3) is 1.00. The van der Waals surface area contributed by atoms with Gasteiger partial charge in [-0.1, -0.05) is 0 Å². The standard InChI is InChI=1S/C4H9ClO2S/c1-4(7-2)3-8(5)6/h4H,3H2,1-2H3. The van der Waals surface area contributed by atoms with E-state index < -0.39 is 10.0 Å². The highest BCUT2D eigenvalue weighted by Crippen LogP contribution is 1.94. The van der Waals surface area contributed by atoms with Gasteiger partial charge in [0.1, 0.15) is 10.0 Å². The fourth-order valence-corrected chi connectivity index (χ4v) is 1.29. The smallest absolute Gasteiger partial charge is 0.117 e. The number of hydrogen-bond acceptors (Lipinski definition) is 2. The van der Waals surface area contributed by atoms with Crippen molar-refractivity contribution in [2.24, 2.45) is 0 Å². The molecule has 0 heterocycles. The average Bonchev–Trinajstić information content (AvgIpc) is 1.65. The Hall–Kier alpha value is 0.400. The molecule has 0 radical (unpaired) electrons. The molecule has 0 saturated carbocycles. The second kappa shape index (κ2) is 4.30. The first-order valence-electron chi connectivity index (χ1n) is 2.24. The lowest BCUT2D eigenvalue weighted by molar-refractivity contribution is 0.137. The third-order valence-electron chi connectivity index (χ3n) is 0.768. The van der Waals surface area contributed by atoms with E-state index in [2.05, 4.69) is 0 Å². The molecule has 0 spiro atoms. The van der Waals surface area contributed by atoms with E-state index in [1.165, 1.54) is 0 Å². The first-order chi connectivity index (χ1) is 3.66. The van der Waals surface area contributed by atoms with E-state index in [1.54, 1.807) is 7.11 Å². The summed E-state index contributed by atoms with van der Waals surface area (Å²) in [6.07, 6.45) is -0.00617. The number of ether oxygens (including phenoxy) is 1. The molecule has 0 aromatic rings. The van der Waals surface area contributed by atoms with E-state index in [0.717, 1.165) is 0 Å². The molecule has 0 bridgehead atoms. The minimum absolute atomic E-state index is 0.00617. The van der Waals surface area contributed by atoms with Crippen LogP contribution in [0.3, 0.4) is 0 Å². The zero-order valence-electron chi connectivity index (χ0n) is 4.89. The van der Waals surface area contributed by atoms with E-state index in [9.17, 15) is 4.21 Å². The number of methoxy groups -OCH3 is 1. The molecule has 0 aliphatic carbocycles. The number of rotatable bonds is 3. The largest absolute Gasteiger partial charge is 0.381 e. The average molecular weight is 157 g/mol. The van der Waals surface area contributed by atoms with Crippen LogP contribution in [0.2, 0.25) is 0 Å². The van der Waals surface area contributed by atoms with Crippen molar-refractivity contribution in [2.75, 3.05) is 12.9 Å². The lowest BCUT2D eigenvalue weighted by Crippen LogP contribution is -2.11. The molecule has 8 heavy (non-hydrogen) atoms. The summed E-state index contributed by atoms with van der Waals surface area (Å²) in [6.45, 7) is 1.82. The summed E-state index contributed by atoms with van der Waals surface area (Å²) in [5.41, 5.74) is 0. The van der Waals surface area contributed by atoms with Crippen molar-refractivity contribution >= 4 is 20.7 Å². The summed E-state index contributed by atoms with van der Waals surface area (Å²) < 4.78 is 15.0. The molecule has 0 amide bonds. The van der Waals surface area contributed by atoms with Crippen molar-refractivity contribution in [1.29, 1.82) is 0 Å². The minimum atomic E-state index is -1.25. The Morgan fingerprint density at radius 2 is 2.38 bits per heavy atom. The second-order valence-corrected chi connectivity index (χ2v) is 3.45. The lowest BCUT2D eigenvalue weighted by Gasteiger charge is -2.03. The van der Waals surface area contributed by atoms with Crippen molar-refractivity contribution in [3.63, 3.8) is 0 Å². The van der Waals surface area contributed by atoms with Gasteiger partial charge in [-0.2, -0.15) is 0 Å². The maximum Gasteiger partial charge on any atom is 0.117 e. The SMILES string of the molecule is COC(C)CS(=O)Cl. The Morgan fingerprint density at radius 3 is 2.50 bits per heavy atom. The van der Waals surface area contributed by atoms with E-state index in [1.807, 2.05) is 6.92 Å². The predicted molar refractivity (Wildman–Crippen MR) is 35.3 cm³/mol. The van der Waals surface area contributed by atoms with Crippen LogP contribution in [0.5, 0.6) is 0 Å². The Kier molecular flexibility index (Phi) is 4.51. The van der Waals surface area contributed by atoms with Gasteiger partial charge in [0, 0.05) is 7.11 Å². The maximum absolute atomic E-state index is 10.2. The fourth-order valence-electron chi connectivity index (χ4n) is 0.253. The van der Waals surface area contributed by atoms with Crippen LogP contribution in [-0.2, 0) is 14.7 Å². The molecule has 0 saturated heterocycles. The Labute approximate surface area is 56.1 Å². The van der Waals surface area contributed by atoms with E-state index in [0.29, 0.717) is 5.75 Å². The molecule has 0 aliphatic heterocycles. The highest BCUT2D eigenvalue weighted by molar-refractivity contribution is 8.08. The molecule has 0 aromatic heterocycles. The summed E-state index contributed by atoms with van der Waals surface area (Å²) in [5, 5.41) is 0. The monoisotopic (exact) mass is 156 g/mol. The molecule has 4 heteroatoms. The van der Waals surface area contributed by atoms with Crippen LogP contribution in [0.15, 0.2) is 0 Å². The van der Waals surface area contributed by atoms with Crippen molar-refractivity contribution in [3.8, 4) is 0 Å². The molecule has 2 atom stereocenters. The van der Waals surface area contributed by atoms with Crippen LogP contribution < -0.4 is 0 Å². The second-order valence-electron chi connectivity index (χ2n) is 1.50. The van der Waals surface area contributed by atoms with Gasteiger partial charge in [0.15, 0.2) is 0 Å². The third kappa shape index (κ3) is 4.56. The van der Waals surface area contributed by atoms with Gasteiger partial charge in [-0.15, -0.1) is 0 Å². The number of hydrogen-bond donors (Lipinski definition) is 0. The van der Waals surface area contributed by atoms with Crippen LogP contribution in [-0.4, -0.2) is 23.2 Å². The lowest BCUT2D eigenvalue weighted by atomic mass is 10.5. The maximum atomic E-state index is 10.2. The normalized spacial score (nSPS) is 17.9. The molecule has 0 aliphatic rings. The molecule has 0 fully saturated rings. The molecule has 0 aromatic carbocycles. The number of halogens is 1. The third-order valence-corrected chi connectivity index (χ3v) is 1.88. The van der Waals surface area contributed by atoms with Crippen LogP contribution in [0.25, 0.3) is 0 Å². The van der Waals surface area contributed by atoms with Gasteiger partial charge in [0.25, 0.3) is 0 Å². The Morgan fingerprint density at radius 1 is 1.88 bits per heavy atom. The van der Waals surface area contributed by atoms with Gasteiger partial charge < -0.3 is 4.74 Å². The van der Waals surface area contributed by atoms with Crippen molar-refractivity contribution < 1.29 is 8.95 Å². The van der Waals surface area contributed by atoms with Gasteiger partial charge in [0.2, 0.25) is 0 Å². The highest BCUT2D eigenvalue weighted by atomic mass is 35.7. The van der Waals surface area contributed by atoms with Crippen molar-refractivity contribution in [3.05, 3.63) is 0 Å². The van der Waals surface area contributed by atoms with Crippen molar-refractivity contribution in [1.82, 2.24) is 0 Å². The van der Waals surface area contributed by atoms with Gasteiger partial charge in [0.05, 0.1) is 11.9 Å². The Balaban J connectivity index is 3.24. The molecule has 0 rings (SSSR count). The van der Waals surface area contributed by atoms with Crippen LogP contribution >= 0.6 is 10.7 Å². The summed E-state index contributed by atoms with van der Waals surface area (Å²) in [4.78, 5) is 0. The van der Waals surface area contributed by atoms with Crippen LogP contribution in [0, 0.1) is 0 Å². The first-order valence-corrected chi connectivity index (χ1v) is 4.38. The zero-order chi connectivity index (χ0) is 6.57. The van der Waals surface area contributed by atoms with Gasteiger partial charge >= 0.3 is 0 Å². The zero-order valence-corrected chi connectivity index (χ0v) is 6.46. The summed E-state index contributed by atoms with van der Waals surface area (Å²) in [6, 6.07) is 0. The topological polar surface area (TPSA) is 26.3 Å². The molecular weight excluding hydrogens is 148 g/mol. The molecule has 50 valence electrons. The summed E-state index contributed by atoms with van der Waals surface area (Å²) in [5.74, 6) is 0.401. The quantitative estimate of drug-likeness (QED) is 0.569. The minimum Gasteiger partial charge on any atom is -0.381 e. The van der Waals surface area contributed by atoms with E-state index in [4.69, 9.17) is 15.4 Å². The predicted octanol–water partition coefficient (Wildman–Crippen LogP) is 0.924. The molecular formula is C4H9ClO2S. The van der Waals surface area contributed by atoms with E-state index >= 15 is 0 Å². The van der Waals surface area contributed by atoms with Crippen LogP contribution in [0.4, 0.5) is 0 Å². The van der Waals surface area contributed by atoms with E-state index in [-0.39, 0.29) is 6.10 Å². The first kappa shape index (κ1) is 8.40. The van der Waals surface area contributed by atoms with Crippen LogP contribution in [0.1, 0.15) is 6.92 Å².